The Morgan fingerprint density at radius 2 is 1.83 bits per heavy atom. The van der Waals surface area contributed by atoms with Crippen molar-refractivity contribution in [3.8, 4) is 17.1 Å². The molecule has 29 heavy (non-hydrogen) atoms. The summed E-state index contributed by atoms with van der Waals surface area (Å²) in [6.45, 7) is 10.7. The van der Waals surface area contributed by atoms with Gasteiger partial charge in [0.15, 0.2) is 0 Å². The zero-order valence-corrected chi connectivity index (χ0v) is 17.7. The zero-order chi connectivity index (χ0) is 20.5. The van der Waals surface area contributed by atoms with Crippen LogP contribution >= 0.6 is 0 Å². The van der Waals surface area contributed by atoms with E-state index >= 15 is 0 Å². The van der Waals surface area contributed by atoms with Crippen molar-refractivity contribution in [2.45, 2.75) is 20.8 Å². The van der Waals surface area contributed by atoms with Crippen molar-refractivity contribution < 1.29 is 4.79 Å². The molecule has 0 radical (unpaired) electrons. The van der Waals surface area contributed by atoms with E-state index in [-0.39, 0.29) is 5.91 Å². The number of nitrogens with zero attached hydrogens (tertiary/aromatic N) is 5. The highest BCUT2D eigenvalue weighted by molar-refractivity contribution is 5.94. The number of aromatic nitrogens is 3. The molecule has 0 atom stereocenters. The number of hydrogen-bond donors (Lipinski definition) is 0. The summed E-state index contributed by atoms with van der Waals surface area (Å²) < 4.78 is 3.86. The third-order valence-corrected chi connectivity index (χ3v) is 5.82. The van der Waals surface area contributed by atoms with Gasteiger partial charge in [-0.2, -0.15) is 5.10 Å². The van der Waals surface area contributed by atoms with Crippen molar-refractivity contribution in [3.63, 3.8) is 0 Å². The molecule has 0 unspecified atom stereocenters. The van der Waals surface area contributed by atoms with Gasteiger partial charge in [0, 0.05) is 39.4 Å². The second kappa shape index (κ2) is 7.87. The lowest BCUT2D eigenvalue weighted by atomic mass is 10.1. The number of amides is 1. The molecule has 0 aliphatic carbocycles. The zero-order valence-electron chi connectivity index (χ0n) is 17.7. The quantitative estimate of drug-likeness (QED) is 0.686. The minimum absolute atomic E-state index is 0.0497. The van der Waals surface area contributed by atoms with Gasteiger partial charge >= 0.3 is 0 Å². The van der Waals surface area contributed by atoms with Gasteiger partial charge in [-0.05, 0) is 50.2 Å². The van der Waals surface area contributed by atoms with E-state index in [0.29, 0.717) is 5.69 Å². The molecule has 0 saturated carbocycles. The maximum Gasteiger partial charge on any atom is 0.272 e. The fourth-order valence-electron chi connectivity index (χ4n) is 4.04. The predicted octanol–water partition coefficient (Wildman–Crippen LogP) is 3.27. The van der Waals surface area contributed by atoms with Crippen LogP contribution in [0.1, 0.15) is 28.5 Å². The first-order valence-corrected chi connectivity index (χ1v) is 10.3. The van der Waals surface area contributed by atoms with Crippen LogP contribution in [0, 0.1) is 13.8 Å². The average molecular weight is 392 g/mol. The number of hydrogen-bond acceptors (Lipinski definition) is 3. The molecule has 152 valence electrons. The van der Waals surface area contributed by atoms with Gasteiger partial charge < -0.3 is 14.4 Å². The van der Waals surface area contributed by atoms with Crippen LogP contribution < -0.4 is 0 Å². The number of piperazine rings is 1. The summed E-state index contributed by atoms with van der Waals surface area (Å²) in [7, 11) is 2.00. The molecule has 6 heteroatoms. The Morgan fingerprint density at radius 1 is 1.07 bits per heavy atom. The molecule has 0 N–H and O–H groups in total. The minimum atomic E-state index is 0.0497. The first-order valence-electron chi connectivity index (χ1n) is 10.3. The van der Waals surface area contributed by atoms with Gasteiger partial charge in [0.1, 0.15) is 11.4 Å². The molecule has 1 aromatic carbocycles. The molecule has 4 rings (SSSR count). The normalized spacial score (nSPS) is 15.1. The SMILES string of the molecule is CCN1CCN(C(=O)c2cc(-c3cccn3C)nn2-c2ccc(C)cc2C)CC1. The van der Waals surface area contributed by atoms with E-state index in [2.05, 4.69) is 43.9 Å². The Labute approximate surface area is 172 Å². The molecule has 1 saturated heterocycles. The number of rotatable bonds is 4. The lowest BCUT2D eigenvalue weighted by molar-refractivity contribution is 0.0634. The van der Waals surface area contributed by atoms with Crippen LogP contribution in [0.5, 0.6) is 0 Å². The summed E-state index contributed by atoms with van der Waals surface area (Å²) in [4.78, 5) is 17.8. The molecule has 0 spiro atoms. The summed E-state index contributed by atoms with van der Waals surface area (Å²) in [5, 5.41) is 4.86. The monoisotopic (exact) mass is 391 g/mol. The summed E-state index contributed by atoms with van der Waals surface area (Å²) in [6, 6.07) is 12.2. The van der Waals surface area contributed by atoms with Crippen LogP contribution in [0.15, 0.2) is 42.6 Å². The van der Waals surface area contributed by atoms with Crippen molar-refractivity contribution in [1.82, 2.24) is 24.1 Å². The number of carbonyl (C=O) groups excluding carboxylic acids is 1. The topological polar surface area (TPSA) is 46.3 Å². The third-order valence-electron chi connectivity index (χ3n) is 5.82. The van der Waals surface area contributed by atoms with Crippen molar-refractivity contribution in [2.75, 3.05) is 32.7 Å². The molecule has 1 amide bonds. The van der Waals surface area contributed by atoms with Crippen molar-refractivity contribution in [1.29, 1.82) is 0 Å². The molecular weight excluding hydrogens is 362 g/mol. The average Bonchev–Trinajstić information content (AvgIpc) is 3.33. The van der Waals surface area contributed by atoms with E-state index in [1.54, 1.807) is 0 Å². The van der Waals surface area contributed by atoms with Gasteiger partial charge in [-0.25, -0.2) is 4.68 Å². The number of aryl methyl sites for hydroxylation is 3. The van der Waals surface area contributed by atoms with Crippen molar-refractivity contribution in [3.05, 3.63) is 59.4 Å². The maximum atomic E-state index is 13.5. The highest BCUT2D eigenvalue weighted by atomic mass is 16.2. The summed E-state index contributed by atoms with van der Waals surface area (Å²) in [5.74, 6) is 0.0497. The van der Waals surface area contributed by atoms with E-state index in [0.717, 1.165) is 55.4 Å². The second-order valence-electron chi connectivity index (χ2n) is 7.85. The molecule has 3 heterocycles. The highest BCUT2D eigenvalue weighted by Crippen LogP contribution is 2.25. The van der Waals surface area contributed by atoms with Crippen molar-refractivity contribution in [2.24, 2.45) is 7.05 Å². The second-order valence-corrected chi connectivity index (χ2v) is 7.85. The fraction of sp³-hybridized carbons (Fsp3) is 0.391. The van der Waals surface area contributed by atoms with E-state index in [4.69, 9.17) is 5.10 Å². The summed E-state index contributed by atoms with van der Waals surface area (Å²) in [5.41, 5.74) is 5.69. The molecular formula is C23H29N5O. The van der Waals surface area contributed by atoms with E-state index < -0.39 is 0 Å². The highest BCUT2D eigenvalue weighted by Gasteiger charge is 2.26. The lowest BCUT2D eigenvalue weighted by Gasteiger charge is -2.34. The van der Waals surface area contributed by atoms with Crippen molar-refractivity contribution >= 4 is 5.91 Å². The van der Waals surface area contributed by atoms with Crippen LogP contribution in [0.2, 0.25) is 0 Å². The van der Waals surface area contributed by atoms with Crippen LogP contribution in [0.25, 0.3) is 17.1 Å². The predicted molar refractivity (Wildman–Crippen MR) is 115 cm³/mol. The summed E-state index contributed by atoms with van der Waals surface area (Å²) in [6.07, 6.45) is 2.00. The number of benzene rings is 1. The molecule has 0 bridgehead atoms. The largest absolute Gasteiger partial charge is 0.349 e. The smallest absolute Gasteiger partial charge is 0.272 e. The van der Waals surface area contributed by atoms with E-state index in [1.807, 2.05) is 45.6 Å². The first-order chi connectivity index (χ1) is 14.0. The number of carbonyl (C=O) groups is 1. The Bertz CT molecular complexity index is 1020. The minimum Gasteiger partial charge on any atom is -0.349 e. The molecule has 1 aliphatic heterocycles. The van der Waals surface area contributed by atoms with Crippen LogP contribution in [0.4, 0.5) is 0 Å². The van der Waals surface area contributed by atoms with Gasteiger partial charge in [0.25, 0.3) is 5.91 Å². The molecule has 1 fully saturated rings. The Morgan fingerprint density at radius 3 is 2.45 bits per heavy atom. The standard InChI is InChI=1S/C23H29N5O/c1-5-26-11-13-27(14-12-26)23(29)22-16-19(21-7-6-10-25(21)4)24-28(22)20-9-8-17(2)15-18(20)3/h6-10,15-16H,5,11-14H2,1-4H3. The van der Waals surface area contributed by atoms with Gasteiger partial charge in [0.05, 0.1) is 11.4 Å². The molecule has 2 aromatic heterocycles. The Hall–Kier alpha value is -2.86. The van der Waals surface area contributed by atoms with Gasteiger partial charge in [0.2, 0.25) is 0 Å². The van der Waals surface area contributed by atoms with Gasteiger partial charge in [-0.3, -0.25) is 4.79 Å². The maximum absolute atomic E-state index is 13.5. The Balaban J connectivity index is 1.76. The summed E-state index contributed by atoms with van der Waals surface area (Å²) >= 11 is 0. The van der Waals surface area contributed by atoms with E-state index in [9.17, 15) is 4.79 Å². The fourth-order valence-corrected chi connectivity index (χ4v) is 4.04. The van der Waals surface area contributed by atoms with Crippen LogP contribution in [0.3, 0.4) is 0 Å². The number of likely N-dealkylation sites (N-methyl/N-ethyl adjacent to an activating group) is 1. The third kappa shape index (κ3) is 3.72. The lowest BCUT2D eigenvalue weighted by Crippen LogP contribution is -2.48. The molecule has 6 nitrogen and oxygen atoms in total. The Kier molecular flexibility index (Phi) is 5.28. The van der Waals surface area contributed by atoms with Gasteiger partial charge in [-0.1, -0.05) is 24.6 Å². The molecule has 1 aliphatic rings. The van der Waals surface area contributed by atoms with E-state index in [1.165, 1.54) is 5.56 Å². The van der Waals surface area contributed by atoms with Crippen LogP contribution in [-0.4, -0.2) is 62.8 Å². The molecule has 3 aromatic rings. The van der Waals surface area contributed by atoms with Crippen LogP contribution in [-0.2, 0) is 7.05 Å². The first kappa shape index (κ1) is 19.5. The van der Waals surface area contributed by atoms with Gasteiger partial charge in [-0.15, -0.1) is 0 Å².